The molecule has 11 heavy (non-hydrogen) atoms. The lowest BCUT2D eigenvalue weighted by atomic mass is 10.1. The number of unbranched alkanes of at least 4 members (excludes halogenated alkanes) is 1. The highest BCUT2D eigenvalue weighted by atomic mass is 35.5. The minimum absolute atomic E-state index is 0.310. The van der Waals surface area contributed by atoms with E-state index in [-0.39, 0.29) is 0 Å². The highest BCUT2D eigenvalue weighted by molar-refractivity contribution is 6.20. The Morgan fingerprint density at radius 2 is 1.45 bits per heavy atom. The second kappa shape index (κ2) is 8.31. The molecule has 3 heteroatoms. The van der Waals surface area contributed by atoms with Crippen molar-refractivity contribution in [3.8, 4) is 0 Å². The summed E-state index contributed by atoms with van der Waals surface area (Å²) in [6, 6.07) is 0. The van der Waals surface area contributed by atoms with Gasteiger partial charge in [0, 0.05) is 5.38 Å². The average Bonchev–Trinajstić information content (AvgIpc) is 2.01. The summed E-state index contributed by atoms with van der Waals surface area (Å²) < 4.78 is 0. The van der Waals surface area contributed by atoms with Crippen LogP contribution in [0.1, 0.15) is 32.1 Å². The molecular formula is C8H19ClN2. The fourth-order valence-electron chi connectivity index (χ4n) is 0.994. The average molecular weight is 179 g/mol. The summed E-state index contributed by atoms with van der Waals surface area (Å²) >= 11 is 6.00. The normalized spacial score (nSPS) is 13.4. The molecule has 0 aromatic rings. The Labute approximate surface area is 74.3 Å². The molecule has 0 radical (unpaired) electrons. The molecule has 1 atom stereocenters. The predicted octanol–water partition coefficient (Wildman–Crippen LogP) is 1.46. The van der Waals surface area contributed by atoms with E-state index in [2.05, 4.69) is 0 Å². The summed E-state index contributed by atoms with van der Waals surface area (Å²) in [6.07, 6.45) is 5.40. The third-order valence-corrected chi connectivity index (χ3v) is 2.13. The minimum Gasteiger partial charge on any atom is -0.330 e. The summed E-state index contributed by atoms with van der Waals surface area (Å²) in [4.78, 5) is 0. The largest absolute Gasteiger partial charge is 0.330 e. The molecule has 0 saturated heterocycles. The van der Waals surface area contributed by atoms with Crippen LogP contribution in [0, 0.1) is 0 Å². The number of hydrogen-bond acceptors (Lipinski definition) is 2. The molecule has 1 unspecified atom stereocenters. The first-order chi connectivity index (χ1) is 5.31. The van der Waals surface area contributed by atoms with Crippen molar-refractivity contribution < 1.29 is 0 Å². The Bertz CT molecular complexity index is 78.5. The van der Waals surface area contributed by atoms with Gasteiger partial charge >= 0.3 is 0 Å². The summed E-state index contributed by atoms with van der Waals surface area (Å²) in [5.74, 6) is 0. The Morgan fingerprint density at radius 3 is 2.00 bits per heavy atom. The highest BCUT2D eigenvalue weighted by Gasteiger charge is 2.02. The highest BCUT2D eigenvalue weighted by Crippen LogP contribution is 2.12. The number of alkyl halides is 1. The van der Waals surface area contributed by atoms with Crippen LogP contribution in [-0.2, 0) is 0 Å². The second-order valence-electron chi connectivity index (χ2n) is 2.81. The molecule has 4 N–H and O–H groups in total. The van der Waals surface area contributed by atoms with E-state index in [0.29, 0.717) is 5.38 Å². The fourth-order valence-corrected chi connectivity index (χ4v) is 1.30. The quantitative estimate of drug-likeness (QED) is 0.458. The third kappa shape index (κ3) is 8.11. The molecular weight excluding hydrogens is 160 g/mol. The molecule has 0 rings (SSSR count). The molecule has 0 aliphatic rings. The van der Waals surface area contributed by atoms with Crippen LogP contribution in [0.3, 0.4) is 0 Å². The molecule has 0 aliphatic carbocycles. The van der Waals surface area contributed by atoms with Crippen LogP contribution in [0.15, 0.2) is 0 Å². The van der Waals surface area contributed by atoms with Crippen molar-refractivity contribution >= 4 is 11.6 Å². The van der Waals surface area contributed by atoms with E-state index in [9.17, 15) is 0 Å². The van der Waals surface area contributed by atoms with Crippen LogP contribution in [0.5, 0.6) is 0 Å². The molecule has 0 aromatic heterocycles. The molecule has 0 heterocycles. The van der Waals surface area contributed by atoms with Gasteiger partial charge in [-0.25, -0.2) is 0 Å². The van der Waals surface area contributed by atoms with Gasteiger partial charge in [-0.05, 0) is 38.8 Å². The number of nitrogens with two attached hydrogens (primary N) is 2. The van der Waals surface area contributed by atoms with Crippen molar-refractivity contribution in [1.29, 1.82) is 0 Å². The Morgan fingerprint density at radius 1 is 0.909 bits per heavy atom. The van der Waals surface area contributed by atoms with Gasteiger partial charge in [-0.15, -0.1) is 11.6 Å². The number of halogens is 1. The smallest absolute Gasteiger partial charge is 0.0336 e. The first-order valence-corrected chi connectivity index (χ1v) is 4.79. The van der Waals surface area contributed by atoms with Crippen molar-refractivity contribution in [3.63, 3.8) is 0 Å². The summed E-state index contributed by atoms with van der Waals surface area (Å²) in [5.41, 5.74) is 10.7. The van der Waals surface area contributed by atoms with E-state index in [0.717, 1.165) is 45.2 Å². The summed E-state index contributed by atoms with van der Waals surface area (Å²) in [7, 11) is 0. The fraction of sp³-hybridized carbons (Fsp3) is 1.00. The van der Waals surface area contributed by atoms with Crippen LogP contribution < -0.4 is 11.5 Å². The van der Waals surface area contributed by atoms with Crippen LogP contribution in [0.4, 0.5) is 0 Å². The Hall–Kier alpha value is 0.210. The van der Waals surface area contributed by atoms with Gasteiger partial charge in [0.2, 0.25) is 0 Å². The lowest BCUT2D eigenvalue weighted by Gasteiger charge is -2.06. The van der Waals surface area contributed by atoms with Gasteiger partial charge in [-0.1, -0.05) is 6.42 Å². The van der Waals surface area contributed by atoms with E-state index in [1.165, 1.54) is 0 Å². The van der Waals surface area contributed by atoms with E-state index >= 15 is 0 Å². The van der Waals surface area contributed by atoms with E-state index in [1.54, 1.807) is 0 Å². The van der Waals surface area contributed by atoms with Gasteiger partial charge in [0.25, 0.3) is 0 Å². The second-order valence-corrected chi connectivity index (χ2v) is 3.43. The van der Waals surface area contributed by atoms with Crippen molar-refractivity contribution in [2.45, 2.75) is 37.5 Å². The van der Waals surface area contributed by atoms with Crippen molar-refractivity contribution in [2.24, 2.45) is 11.5 Å². The molecule has 2 nitrogen and oxygen atoms in total. The predicted molar refractivity (Wildman–Crippen MR) is 50.8 cm³/mol. The van der Waals surface area contributed by atoms with Crippen LogP contribution in [0.2, 0.25) is 0 Å². The van der Waals surface area contributed by atoms with Crippen LogP contribution in [0.25, 0.3) is 0 Å². The zero-order valence-corrected chi connectivity index (χ0v) is 7.82. The third-order valence-electron chi connectivity index (χ3n) is 1.69. The van der Waals surface area contributed by atoms with Crippen molar-refractivity contribution in [2.75, 3.05) is 13.1 Å². The molecule has 0 spiro atoms. The van der Waals surface area contributed by atoms with E-state index in [1.807, 2.05) is 0 Å². The van der Waals surface area contributed by atoms with Crippen LogP contribution >= 0.6 is 11.6 Å². The van der Waals surface area contributed by atoms with E-state index < -0.39 is 0 Å². The van der Waals surface area contributed by atoms with Gasteiger partial charge in [0.05, 0.1) is 0 Å². The Kier molecular flexibility index (Phi) is 8.47. The molecule has 0 bridgehead atoms. The van der Waals surface area contributed by atoms with E-state index in [4.69, 9.17) is 23.1 Å². The summed E-state index contributed by atoms with van der Waals surface area (Å²) in [6.45, 7) is 1.53. The van der Waals surface area contributed by atoms with Gasteiger partial charge in [0.15, 0.2) is 0 Å². The lowest BCUT2D eigenvalue weighted by molar-refractivity contribution is 0.608. The Balaban J connectivity index is 3.02. The molecule has 0 fully saturated rings. The minimum atomic E-state index is 0.310. The maximum atomic E-state index is 6.00. The van der Waals surface area contributed by atoms with Gasteiger partial charge in [-0.2, -0.15) is 0 Å². The van der Waals surface area contributed by atoms with Gasteiger partial charge < -0.3 is 11.5 Å². The number of rotatable bonds is 7. The van der Waals surface area contributed by atoms with Gasteiger partial charge in [-0.3, -0.25) is 0 Å². The van der Waals surface area contributed by atoms with Gasteiger partial charge in [0.1, 0.15) is 0 Å². The molecule has 0 aliphatic heterocycles. The maximum Gasteiger partial charge on any atom is 0.0336 e. The number of hydrogen-bond donors (Lipinski definition) is 2. The monoisotopic (exact) mass is 178 g/mol. The summed E-state index contributed by atoms with van der Waals surface area (Å²) in [5, 5.41) is 0.310. The van der Waals surface area contributed by atoms with Crippen LogP contribution in [-0.4, -0.2) is 18.5 Å². The van der Waals surface area contributed by atoms with Crippen molar-refractivity contribution in [3.05, 3.63) is 0 Å². The van der Waals surface area contributed by atoms with Crippen molar-refractivity contribution in [1.82, 2.24) is 0 Å². The standard InChI is InChI=1S/C8H19ClN2/c9-8(5-3-7-11)4-1-2-6-10/h8H,1-7,10-11H2. The molecule has 0 aromatic carbocycles. The molecule has 68 valence electrons. The lowest BCUT2D eigenvalue weighted by Crippen LogP contribution is -2.06. The first kappa shape index (κ1) is 11.2. The molecule has 0 amide bonds. The zero-order valence-electron chi connectivity index (χ0n) is 7.06. The topological polar surface area (TPSA) is 52.0 Å². The molecule has 0 saturated carbocycles. The zero-order chi connectivity index (χ0) is 8.53. The first-order valence-electron chi connectivity index (χ1n) is 4.35. The SMILES string of the molecule is NCCCCC(Cl)CCCN. The maximum absolute atomic E-state index is 6.00.